The number of aromatic nitrogens is 4. The van der Waals surface area contributed by atoms with Crippen molar-refractivity contribution in [2.45, 2.75) is 6.54 Å². The van der Waals surface area contributed by atoms with Gasteiger partial charge in [-0.3, -0.25) is 9.78 Å². The number of nitrogens with one attached hydrogen (secondary N) is 1. The number of methoxy groups -OCH3 is 1. The maximum Gasteiger partial charge on any atom is 0.274 e. The molecule has 0 saturated heterocycles. The Morgan fingerprint density at radius 1 is 1.12 bits per heavy atom. The van der Waals surface area contributed by atoms with E-state index < -0.39 is 0 Å². The fraction of sp³-hybridized carbons (Fsp3) is 0.0833. The van der Waals surface area contributed by atoms with Crippen LogP contribution in [0, 0.1) is 0 Å². The van der Waals surface area contributed by atoms with Crippen LogP contribution in [-0.2, 0) is 6.54 Å². The van der Waals surface area contributed by atoms with Crippen LogP contribution in [0.1, 0.15) is 15.9 Å². The van der Waals surface area contributed by atoms with Crippen molar-refractivity contribution in [2.75, 3.05) is 12.4 Å². The summed E-state index contributed by atoms with van der Waals surface area (Å²) in [5, 5.41) is 8.16. The lowest BCUT2D eigenvalue weighted by Gasteiger charge is -2.07. The molecule has 160 valence electrons. The van der Waals surface area contributed by atoms with Gasteiger partial charge in [0.2, 0.25) is 5.95 Å². The molecule has 2 aromatic heterocycles. The van der Waals surface area contributed by atoms with Crippen molar-refractivity contribution >= 4 is 29.5 Å². The summed E-state index contributed by atoms with van der Waals surface area (Å²) in [5.74, 6) is 1.14. The van der Waals surface area contributed by atoms with E-state index in [1.807, 2.05) is 48.5 Å². The van der Waals surface area contributed by atoms with Gasteiger partial charge in [-0.2, -0.15) is 9.67 Å². The third-order valence-electron chi connectivity index (χ3n) is 4.66. The maximum absolute atomic E-state index is 12.9. The van der Waals surface area contributed by atoms with E-state index >= 15 is 0 Å². The molecule has 2 heterocycles. The molecule has 0 radical (unpaired) electrons. The molecule has 1 N–H and O–H groups in total. The zero-order chi connectivity index (χ0) is 22.3. The van der Waals surface area contributed by atoms with Gasteiger partial charge in [0.25, 0.3) is 5.91 Å². The number of carbonyl (C=O) groups excluding carboxylic acids is 1. The van der Waals surface area contributed by atoms with Crippen LogP contribution in [0.3, 0.4) is 0 Å². The molecule has 0 bridgehead atoms. The number of anilines is 1. The van der Waals surface area contributed by atoms with Gasteiger partial charge in [0.05, 0.1) is 7.11 Å². The summed E-state index contributed by atoms with van der Waals surface area (Å²) in [6.45, 7) is 0.455. The highest BCUT2D eigenvalue weighted by Gasteiger charge is 2.16. The van der Waals surface area contributed by atoms with Crippen molar-refractivity contribution in [3.05, 3.63) is 95.3 Å². The van der Waals surface area contributed by atoms with Gasteiger partial charge in [0.15, 0.2) is 5.82 Å². The van der Waals surface area contributed by atoms with Crippen LogP contribution < -0.4 is 10.1 Å². The van der Waals surface area contributed by atoms with E-state index in [1.165, 1.54) is 10.8 Å². The zero-order valence-electron chi connectivity index (χ0n) is 17.3. The average molecular weight is 446 g/mol. The first-order valence-corrected chi connectivity index (χ1v) is 10.2. The van der Waals surface area contributed by atoms with Crippen LogP contribution in [0.5, 0.6) is 5.75 Å². The lowest BCUT2D eigenvalue weighted by atomic mass is 10.2. The SMILES string of the molecule is COc1ccc(CNc2nc(-c3cccnc3)nn2C(=O)C=Cc2ccccc2Cl)cc1. The van der Waals surface area contributed by atoms with Gasteiger partial charge in [-0.05, 0) is 47.5 Å². The predicted molar refractivity (Wildman–Crippen MR) is 125 cm³/mol. The summed E-state index contributed by atoms with van der Waals surface area (Å²) in [5.41, 5.74) is 2.45. The van der Waals surface area contributed by atoms with Crippen LogP contribution in [0.25, 0.3) is 17.5 Å². The molecule has 0 aliphatic heterocycles. The first-order chi connectivity index (χ1) is 15.6. The fourth-order valence-electron chi connectivity index (χ4n) is 2.96. The van der Waals surface area contributed by atoms with Gasteiger partial charge < -0.3 is 10.1 Å². The van der Waals surface area contributed by atoms with Gasteiger partial charge >= 0.3 is 0 Å². The molecule has 4 rings (SSSR count). The van der Waals surface area contributed by atoms with Crippen molar-refractivity contribution in [1.29, 1.82) is 0 Å². The van der Waals surface area contributed by atoms with Crippen molar-refractivity contribution in [2.24, 2.45) is 0 Å². The monoisotopic (exact) mass is 445 g/mol. The van der Waals surface area contributed by atoms with E-state index in [1.54, 1.807) is 37.7 Å². The number of carbonyl (C=O) groups is 1. The lowest BCUT2D eigenvalue weighted by Crippen LogP contribution is -2.14. The second kappa shape index (κ2) is 9.89. The van der Waals surface area contributed by atoms with Crippen LogP contribution in [0.2, 0.25) is 5.02 Å². The predicted octanol–water partition coefficient (Wildman–Crippen LogP) is 4.97. The summed E-state index contributed by atoms with van der Waals surface area (Å²) in [7, 11) is 1.62. The minimum Gasteiger partial charge on any atom is -0.497 e. The highest BCUT2D eigenvalue weighted by molar-refractivity contribution is 6.32. The molecule has 0 unspecified atom stereocenters. The smallest absolute Gasteiger partial charge is 0.274 e. The Kier molecular flexibility index (Phi) is 6.57. The normalized spacial score (nSPS) is 10.9. The molecule has 0 spiro atoms. The quantitative estimate of drug-likeness (QED) is 0.404. The summed E-state index contributed by atoms with van der Waals surface area (Å²) < 4.78 is 6.43. The number of ether oxygens (including phenoxy) is 1. The highest BCUT2D eigenvalue weighted by atomic mass is 35.5. The Hall–Kier alpha value is -3.97. The topological polar surface area (TPSA) is 81.9 Å². The third-order valence-corrected chi connectivity index (χ3v) is 5.00. The molecule has 0 aliphatic carbocycles. The Morgan fingerprint density at radius 3 is 2.66 bits per heavy atom. The molecule has 0 fully saturated rings. The molecule has 7 nitrogen and oxygen atoms in total. The summed E-state index contributed by atoms with van der Waals surface area (Å²) in [6.07, 6.45) is 6.39. The molecule has 32 heavy (non-hydrogen) atoms. The molecule has 0 saturated carbocycles. The Balaban J connectivity index is 1.60. The third kappa shape index (κ3) is 5.01. The number of allylic oxidation sites excluding steroid dienone is 1. The summed E-state index contributed by atoms with van der Waals surface area (Å²) in [6, 6.07) is 18.5. The first kappa shape index (κ1) is 21.3. The number of hydrogen-bond donors (Lipinski definition) is 1. The van der Waals surface area contributed by atoms with E-state index in [4.69, 9.17) is 16.3 Å². The molecule has 4 aromatic rings. The second-order valence-corrected chi connectivity index (χ2v) is 7.21. The second-order valence-electron chi connectivity index (χ2n) is 6.81. The maximum atomic E-state index is 12.9. The fourth-order valence-corrected chi connectivity index (χ4v) is 3.16. The van der Waals surface area contributed by atoms with Gasteiger partial charge in [-0.25, -0.2) is 0 Å². The molecule has 8 heteroatoms. The molecular formula is C24H20ClN5O2. The van der Waals surface area contributed by atoms with E-state index in [0.717, 1.165) is 16.9 Å². The van der Waals surface area contributed by atoms with E-state index in [0.29, 0.717) is 28.9 Å². The average Bonchev–Trinajstić information content (AvgIpc) is 3.27. The van der Waals surface area contributed by atoms with Gasteiger partial charge in [-0.1, -0.05) is 41.9 Å². The minimum absolute atomic E-state index is 0.327. The Labute approximate surface area is 190 Å². The number of nitrogens with zero attached hydrogens (tertiary/aromatic N) is 4. The Bertz CT molecular complexity index is 1240. The number of hydrogen-bond acceptors (Lipinski definition) is 6. The van der Waals surface area contributed by atoms with Crippen molar-refractivity contribution in [3.63, 3.8) is 0 Å². The van der Waals surface area contributed by atoms with E-state index in [9.17, 15) is 4.79 Å². The van der Waals surface area contributed by atoms with Crippen molar-refractivity contribution in [1.82, 2.24) is 19.7 Å². The number of benzene rings is 2. The minimum atomic E-state index is -0.357. The first-order valence-electron chi connectivity index (χ1n) is 9.85. The van der Waals surface area contributed by atoms with Crippen molar-refractivity contribution < 1.29 is 9.53 Å². The van der Waals surface area contributed by atoms with Crippen LogP contribution in [-0.4, -0.2) is 32.8 Å². The van der Waals surface area contributed by atoms with Gasteiger partial charge in [0, 0.05) is 35.6 Å². The summed E-state index contributed by atoms with van der Waals surface area (Å²) in [4.78, 5) is 21.6. The van der Waals surface area contributed by atoms with Crippen LogP contribution in [0.4, 0.5) is 5.95 Å². The van der Waals surface area contributed by atoms with Crippen molar-refractivity contribution in [3.8, 4) is 17.1 Å². The van der Waals surface area contributed by atoms with Gasteiger partial charge in [0.1, 0.15) is 5.75 Å². The number of pyridine rings is 1. The van der Waals surface area contributed by atoms with E-state index in [-0.39, 0.29) is 5.91 Å². The van der Waals surface area contributed by atoms with Gasteiger partial charge in [-0.15, -0.1) is 5.10 Å². The largest absolute Gasteiger partial charge is 0.497 e. The molecule has 2 aromatic carbocycles. The standard InChI is InChI=1S/C24H20ClN5O2/c1-32-20-11-8-17(9-12-20)15-27-24-28-23(19-6-4-14-26-16-19)29-30(24)22(31)13-10-18-5-2-3-7-21(18)25/h2-14,16H,15H2,1H3,(H,27,28,29). The molecule has 0 atom stereocenters. The van der Waals surface area contributed by atoms with E-state index in [2.05, 4.69) is 20.4 Å². The molecule has 0 aliphatic rings. The number of rotatable bonds is 7. The Morgan fingerprint density at radius 2 is 1.94 bits per heavy atom. The number of halogens is 1. The summed E-state index contributed by atoms with van der Waals surface area (Å²) >= 11 is 6.18. The van der Waals surface area contributed by atoms with Crippen LogP contribution >= 0.6 is 11.6 Å². The zero-order valence-corrected chi connectivity index (χ0v) is 18.0. The lowest BCUT2D eigenvalue weighted by molar-refractivity contribution is 0.0957. The molecular weight excluding hydrogens is 426 g/mol. The highest BCUT2D eigenvalue weighted by Crippen LogP contribution is 2.20. The van der Waals surface area contributed by atoms with Crippen LogP contribution in [0.15, 0.2) is 79.1 Å². The molecule has 0 amide bonds.